The Bertz CT molecular complexity index is 4270. The average molecular weight is 1370 g/mol. The highest BCUT2D eigenvalue weighted by Gasteiger charge is 2.40. The first kappa shape index (κ1) is 73.8. The van der Waals surface area contributed by atoms with Crippen LogP contribution >= 0.6 is 0 Å². The number of ether oxygens (including phenoxy) is 4. The van der Waals surface area contributed by atoms with Crippen LogP contribution in [0, 0.1) is 13.8 Å². The van der Waals surface area contributed by atoms with Crippen LogP contribution in [0.1, 0.15) is 85.5 Å². The lowest BCUT2D eigenvalue weighted by Gasteiger charge is -2.17. The van der Waals surface area contributed by atoms with E-state index in [2.05, 4.69) is 0 Å². The van der Waals surface area contributed by atoms with E-state index in [4.69, 9.17) is 40.4 Å². The third-order valence-electron chi connectivity index (χ3n) is 15.5. The van der Waals surface area contributed by atoms with Crippen molar-refractivity contribution in [2.75, 3.05) is 47.2 Å². The number of ketones is 1. The molecule has 0 aliphatic carbocycles. The first-order valence-electron chi connectivity index (χ1n) is 30.1. The summed E-state index contributed by atoms with van der Waals surface area (Å²) in [4.78, 5) is 34.0. The number of benzene rings is 8. The first-order valence-corrected chi connectivity index (χ1v) is 30.1. The summed E-state index contributed by atoms with van der Waals surface area (Å²) in [5.74, 6) is 0.134. The number of methoxy groups -OCH3 is 2. The number of hydrogen-bond donors (Lipinski definition) is 2. The van der Waals surface area contributed by atoms with Gasteiger partial charge in [0, 0.05) is 77.2 Å². The van der Waals surface area contributed by atoms with Crippen LogP contribution in [0.25, 0.3) is 67.8 Å². The molecule has 10 aromatic rings. The van der Waals surface area contributed by atoms with E-state index in [-0.39, 0.29) is 73.2 Å². The summed E-state index contributed by atoms with van der Waals surface area (Å²) in [7, 11) is 3.00. The van der Waals surface area contributed by atoms with Gasteiger partial charge in [0.1, 0.15) is 23.1 Å². The first-order chi connectivity index (χ1) is 46.0. The summed E-state index contributed by atoms with van der Waals surface area (Å²) in [6.07, 6.45) is -19.5. The Labute approximate surface area is 557 Å². The van der Waals surface area contributed by atoms with Crippen molar-refractivity contribution in [3.8, 4) is 79.3 Å². The summed E-state index contributed by atoms with van der Waals surface area (Å²) in [6, 6.07) is 44.1. The zero-order valence-electron chi connectivity index (χ0n) is 52.6. The van der Waals surface area contributed by atoms with Crippen molar-refractivity contribution in [3.63, 3.8) is 0 Å². The highest BCUT2D eigenvalue weighted by molar-refractivity contribution is 5.96. The molecule has 1 amide bonds. The topological polar surface area (TPSA) is 159 Å². The van der Waals surface area contributed by atoms with E-state index in [1.165, 1.54) is 26.4 Å². The normalized spacial score (nSPS) is 11.8. The molecule has 0 aliphatic heterocycles. The van der Waals surface area contributed by atoms with Crippen LogP contribution in [0.15, 0.2) is 182 Å². The molecule has 0 aliphatic rings. The van der Waals surface area contributed by atoms with Crippen LogP contribution in [0.5, 0.6) is 11.5 Å². The molecule has 24 heteroatoms. The molecule has 2 aromatic heterocycles. The lowest BCUT2D eigenvalue weighted by Crippen LogP contribution is -2.12. The molecule has 8 aromatic carbocycles. The summed E-state index contributed by atoms with van der Waals surface area (Å²) >= 11 is 0. The lowest BCUT2D eigenvalue weighted by molar-refractivity contribution is -0.144. The number of nitrogens with zero attached hydrogens (tertiary/aromatic N) is 4. The largest absolute Gasteiger partial charge is 0.497 e. The van der Waals surface area contributed by atoms with Gasteiger partial charge < -0.3 is 39.5 Å². The number of rotatable bonds is 23. The van der Waals surface area contributed by atoms with Crippen LogP contribution in [-0.2, 0) is 47.3 Å². The Morgan fingerprint density at radius 2 is 0.765 bits per heavy atom. The predicted molar refractivity (Wildman–Crippen MR) is 350 cm³/mol. The number of imidazole rings is 2. The number of Topliss-reactive ketones (excluding diaryl/α,β-unsaturated/α-hetero) is 1. The van der Waals surface area contributed by atoms with Crippen molar-refractivity contribution in [2.45, 2.75) is 71.9 Å². The summed E-state index contributed by atoms with van der Waals surface area (Å²) in [5, 5.41) is 0. The molecule has 0 unspecified atom stereocenters. The minimum absolute atomic E-state index is 0. The zero-order valence-corrected chi connectivity index (χ0v) is 52.6. The molecular weight excluding hydrogens is 1300 g/mol. The number of aromatic nitrogens is 4. The van der Waals surface area contributed by atoms with Gasteiger partial charge in [0.05, 0.1) is 79.1 Å². The minimum atomic E-state index is -5.06. The van der Waals surface area contributed by atoms with Crippen LogP contribution < -0.4 is 20.9 Å². The maximum Gasteiger partial charge on any atom is 0.416 e. The van der Waals surface area contributed by atoms with E-state index >= 15 is 0 Å². The van der Waals surface area contributed by atoms with Crippen LogP contribution in [0.4, 0.5) is 52.7 Å². The second kappa shape index (κ2) is 31.4. The van der Waals surface area contributed by atoms with Gasteiger partial charge in [-0.2, -0.15) is 52.7 Å². The number of alkyl halides is 12. The van der Waals surface area contributed by atoms with Crippen molar-refractivity contribution in [3.05, 3.63) is 238 Å². The molecule has 10 rings (SSSR count). The van der Waals surface area contributed by atoms with Gasteiger partial charge in [0.25, 0.3) is 0 Å². The zero-order chi connectivity index (χ0) is 70.0. The highest BCUT2D eigenvalue weighted by Crippen LogP contribution is 2.45. The third kappa shape index (κ3) is 18.3. The Hall–Kier alpha value is -10.0. The van der Waals surface area contributed by atoms with Gasteiger partial charge in [-0.15, -0.1) is 0 Å². The van der Waals surface area contributed by atoms with Gasteiger partial charge in [-0.1, -0.05) is 103 Å². The van der Waals surface area contributed by atoms with Crippen LogP contribution in [0.2, 0.25) is 0 Å². The van der Waals surface area contributed by atoms with Gasteiger partial charge in [0.2, 0.25) is 5.91 Å². The van der Waals surface area contributed by atoms with E-state index in [1.807, 2.05) is 38.1 Å². The fourth-order valence-electron chi connectivity index (χ4n) is 10.6. The summed E-state index contributed by atoms with van der Waals surface area (Å²) < 4.78 is 192. The van der Waals surface area contributed by atoms with Gasteiger partial charge in [-0.25, -0.2) is 9.97 Å². The van der Waals surface area contributed by atoms with Gasteiger partial charge in [0.15, 0.2) is 5.78 Å². The van der Waals surface area contributed by atoms with Gasteiger partial charge in [-0.05, 0) is 128 Å². The van der Waals surface area contributed by atoms with Crippen molar-refractivity contribution >= 4 is 11.7 Å². The molecule has 4 N–H and O–H groups in total. The Morgan fingerprint density at radius 3 is 1.09 bits per heavy atom. The number of carbonyl (C=O) groups is 2. The standard InChI is InChI=1S/C40H39F6N3O4.C33H25F6N3O2.CH4/c1-26-5-9-29(10-6-26)36-37(30-13-15-34(51-2)16-14-30)49(38(48-36)31-22-32(39(41,42)43)24-33(23-31)40(44,45)46)25-27-7-11-28(12-8-27)35(50)4-3-18-52-20-21-53-19-17-47;1-19-3-7-21(8-4-19)28-29(22-11-13-27(44-2)14-12-22)42(18-20-5-9-23(10-6-20)30(40)43)31(41-28)24-15-25(32(34,35)36)17-26(16-24)33(37,38)39;/h5-16,22-24H,3-4,17-21,25,47H2,1-2H3;3-17H,18H2,1-2H3,(H2,40,43);1H4. The monoisotopic (exact) mass is 1360 g/mol. The minimum Gasteiger partial charge on any atom is -0.497 e. The van der Waals surface area contributed by atoms with E-state index in [0.29, 0.717) is 137 Å². The number of hydrogen-bond acceptors (Lipinski definition) is 9. The van der Waals surface area contributed by atoms with Crippen LogP contribution in [0.3, 0.4) is 0 Å². The fraction of sp³-hybridized carbons (Fsp3) is 0.243. The quantitative estimate of drug-likeness (QED) is 0.0361. The van der Waals surface area contributed by atoms with Crippen molar-refractivity contribution in [1.82, 2.24) is 19.1 Å². The smallest absolute Gasteiger partial charge is 0.416 e. The van der Waals surface area contributed by atoms with Crippen molar-refractivity contribution in [2.24, 2.45) is 11.5 Å². The Kier molecular flexibility index (Phi) is 23.7. The SMILES string of the molecule is C.COc1ccc(-c2c(-c3ccc(C)cc3)nc(-c3cc(C(F)(F)F)cc(C(F)(F)F)c3)n2Cc2ccc(C(=O)CCCOCCOCCN)cc2)cc1.COc1ccc(-c2c(-c3ccc(C)cc3)nc(-c3cc(C(F)(F)F)cc(C(F)(F)F)c3)n2Cc2ccc(C(N)=O)cc2)cc1. The highest BCUT2D eigenvalue weighted by atomic mass is 19.4. The molecule has 0 radical (unpaired) electrons. The lowest BCUT2D eigenvalue weighted by atomic mass is 10.0. The van der Waals surface area contributed by atoms with E-state index < -0.39 is 52.9 Å². The molecule has 2 heterocycles. The van der Waals surface area contributed by atoms with Crippen LogP contribution in [-0.4, -0.2) is 78.0 Å². The molecule has 0 spiro atoms. The van der Waals surface area contributed by atoms with Gasteiger partial charge in [-0.3, -0.25) is 9.59 Å². The molecule has 0 saturated heterocycles. The number of primary amides is 1. The van der Waals surface area contributed by atoms with Gasteiger partial charge >= 0.3 is 24.7 Å². The van der Waals surface area contributed by atoms with E-state index in [0.717, 1.165) is 11.1 Å². The summed E-state index contributed by atoms with van der Waals surface area (Å²) in [6.45, 7) is 5.82. The average Bonchev–Trinajstić information content (AvgIpc) is 1.60. The molecule has 514 valence electrons. The molecule has 0 fully saturated rings. The van der Waals surface area contributed by atoms with E-state index in [1.54, 1.807) is 118 Å². The molecule has 0 saturated carbocycles. The molecule has 0 atom stereocenters. The fourth-order valence-corrected chi connectivity index (χ4v) is 10.6. The van der Waals surface area contributed by atoms with Crippen molar-refractivity contribution in [1.29, 1.82) is 0 Å². The number of carbonyl (C=O) groups excluding carboxylic acids is 2. The molecular formula is C74H68F12N6O6. The maximum atomic E-state index is 14.0. The van der Waals surface area contributed by atoms with Crippen molar-refractivity contribution < 1.29 is 81.2 Å². The Balaban J connectivity index is 0.000000251. The Morgan fingerprint density at radius 1 is 0.429 bits per heavy atom. The predicted octanol–water partition coefficient (Wildman–Crippen LogP) is 18.3. The maximum absolute atomic E-state index is 14.0. The summed E-state index contributed by atoms with van der Waals surface area (Å²) in [5.41, 5.74) is 12.1. The van der Waals surface area contributed by atoms with E-state index in [9.17, 15) is 62.3 Å². The number of halogens is 12. The molecule has 98 heavy (non-hydrogen) atoms. The second-order valence-corrected chi connectivity index (χ2v) is 22.5. The third-order valence-corrected chi connectivity index (χ3v) is 15.5. The number of nitrogens with two attached hydrogens (primary N) is 2. The molecule has 0 bridgehead atoms. The number of amides is 1. The second-order valence-electron chi connectivity index (χ2n) is 22.5. The number of aryl methyl sites for hydroxylation is 2. The molecule has 12 nitrogen and oxygen atoms in total.